The minimum Gasteiger partial charge on any atom is -0.367 e. The number of rotatable bonds is 4. The summed E-state index contributed by atoms with van der Waals surface area (Å²) >= 11 is 0. The van der Waals surface area contributed by atoms with E-state index in [1.165, 1.54) is 18.3 Å². The van der Waals surface area contributed by atoms with E-state index in [4.69, 9.17) is 5.26 Å². The van der Waals surface area contributed by atoms with Gasteiger partial charge in [-0.05, 0) is 48.7 Å². The van der Waals surface area contributed by atoms with Gasteiger partial charge in [-0.2, -0.15) is 18.4 Å². The van der Waals surface area contributed by atoms with Gasteiger partial charge in [0.15, 0.2) is 0 Å². The molecule has 1 fully saturated rings. The molecular formula is C22H20F3N5. The van der Waals surface area contributed by atoms with E-state index in [2.05, 4.69) is 26.3 Å². The molecular weight excluding hydrogens is 391 g/mol. The van der Waals surface area contributed by atoms with Crippen LogP contribution in [0.25, 0.3) is 10.9 Å². The van der Waals surface area contributed by atoms with Crippen LogP contribution in [0.3, 0.4) is 0 Å². The van der Waals surface area contributed by atoms with Gasteiger partial charge in [0, 0.05) is 37.3 Å². The molecule has 1 N–H and O–H groups in total. The maximum Gasteiger partial charge on any atom is 0.433 e. The van der Waals surface area contributed by atoms with Crippen LogP contribution in [-0.2, 0) is 12.7 Å². The van der Waals surface area contributed by atoms with E-state index in [1.54, 1.807) is 6.07 Å². The SMILES string of the molecule is N#Cc1cccc(CN2CCC(Nc3nccc4nc(C(F)(F)F)ccc34)CC2)c1. The van der Waals surface area contributed by atoms with Gasteiger partial charge in [-0.1, -0.05) is 12.1 Å². The van der Waals surface area contributed by atoms with E-state index in [0.717, 1.165) is 44.1 Å². The summed E-state index contributed by atoms with van der Waals surface area (Å²) in [5.74, 6) is 0.564. The average Bonchev–Trinajstić information content (AvgIpc) is 2.74. The normalized spacial score (nSPS) is 15.8. The van der Waals surface area contributed by atoms with Crippen molar-refractivity contribution in [3.05, 3.63) is 65.5 Å². The zero-order valence-corrected chi connectivity index (χ0v) is 16.2. The van der Waals surface area contributed by atoms with E-state index in [-0.39, 0.29) is 11.6 Å². The zero-order valence-electron chi connectivity index (χ0n) is 16.2. The van der Waals surface area contributed by atoms with Crippen molar-refractivity contribution < 1.29 is 13.2 Å². The minimum atomic E-state index is -4.47. The Morgan fingerprint density at radius 3 is 2.67 bits per heavy atom. The lowest BCUT2D eigenvalue weighted by Crippen LogP contribution is -2.38. The van der Waals surface area contributed by atoms with Gasteiger partial charge in [-0.3, -0.25) is 4.90 Å². The number of hydrogen-bond acceptors (Lipinski definition) is 5. The Morgan fingerprint density at radius 2 is 1.93 bits per heavy atom. The Balaban J connectivity index is 1.40. The predicted molar refractivity (Wildman–Crippen MR) is 108 cm³/mol. The average molecular weight is 411 g/mol. The maximum atomic E-state index is 12.9. The number of aromatic nitrogens is 2. The predicted octanol–water partition coefficient (Wildman–Crippen LogP) is 4.60. The standard InChI is InChI=1S/C22H20F3N5/c23-22(24,25)20-5-4-18-19(29-20)6-9-27-21(18)28-17-7-10-30(11-8-17)14-16-3-1-2-15(12-16)13-26/h1-6,9,12,17H,7-8,10-11,14H2,(H,27,28). The lowest BCUT2D eigenvalue weighted by molar-refractivity contribution is -0.140. The van der Waals surface area contributed by atoms with Crippen molar-refractivity contribution in [2.24, 2.45) is 0 Å². The Bertz CT molecular complexity index is 1080. The number of nitrogens with one attached hydrogen (secondary N) is 1. The van der Waals surface area contributed by atoms with Crippen LogP contribution < -0.4 is 5.32 Å². The van der Waals surface area contributed by atoms with Crippen molar-refractivity contribution in [1.29, 1.82) is 5.26 Å². The number of piperidine rings is 1. The second kappa shape index (κ2) is 8.28. The van der Waals surface area contributed by atoms with Crippen LogP contribution in [0.2, 0.25) is 0 Å². The fourth-order valence-electron chi connectivity index (χ4n) is 3.75. The van der Waals surface area contributed by atoms with Gasteiger partial charge in [0.25, 0.3) is 0 Å². The highest BCUT2D eigenvalue weighted by Gasteiger charge is 2.32. The molecule has 8 heteroatoms. The molecule has 0 saturated carbocycles. The van der Waals surface area contributed by atoms with Gasteiger partial charge in [0.05, 0.1) is 17.1 Å². The van der Waals surface area contributed by atoms with Crippen LogP contribution in [0.15, 0.2) is 48.7 Å². The number of fused-ring (bicyclic) bond motifs is 1. The molecule has 0 amide bonds. The lowest BCUT2D eigenvalue weighted by atomic mass is 10.0. The molecule has 0 radical (unpaired) electrons. The fraction of sp³-hybridized carbons (Fsp3) is 0.318. The highest BCUT2D eigenvalue weighted by molar-refractivity contribution is 5.89. The van der Waals surface area contributed by atoms with Crippen molar-refractivity contribution in [1.82, 2.24) is 14.9 Å². The second-order valence-corrected chi connectivity index (χ2v) is 7.43. The van der Waals surface area contributed by atoms with E-state index < -0.39 is 11.9 Å². The van der Waals surface area contributed by atoms with E-state index in [9.17, 15) is 13.2 Å². The van der Waals surface area contributed by atoms with E-state index in [1.807, 2.05) is 18.2 Å². The summed E-state index contributed by atoms with van der Waals surface area (Å²) in [6.07, 6.45) is -1.20. The minimum absolute atomic E-state index is 0.187. The summed E-state index contributed by atoms with van der Waals surface area (Å²) in [6, 6.07) is 13.9. The largest absolute Gasteiger partial charge is 0.433 e. The van der Waals surface area contributed by atoms with Gasteiger partial charge < -0.3 is 5.32 Å². The smallest absolute Gasteiger partial charge is 0.367 e. The molecule has 1 aromatic carbocycles. The molecule has 0 unspecified atom stereocenters. The molecule has 2 aromatic heterocycles. The first-order valence-corrected chi connectivity index (χ1v) is 9.73. The number of hydrogen-bond donors (Lipinski definition) is 1. The molecule has 4 rings (SSSR count). The van der Waals surface area contributed by atoms with Gasteiger partial charge in [0.1, 0.15) is 11.5 Å². The number of likely N-dealkylation sites (tertiary alicyclic amines) is 1. The Labute approximate surface area is 172 Å². The summed E-state index contributed by atoms with van der Waals surface area (Å²) in [6.45, 7) is 2.56. The number of anilines is 1. The highest BCUT2D eigenvalue weighted by Crippen LogP contribution is 2.30. The first kappa shape index (κ1) is 20.1. The van der Waals surface area contributed by atoms with Crippen molar-refractivity contribution >= 4 is 16.7 Å². The van der Waals surface area contributed by atoms with Crippen molar-refractivity contribution in [3.63, 3.8) is 0 Å². The summed E-state index contributed by atoms with van der Waals surface area (Å²) < 4.78 is 38.7. The van der Waals surface area contributed by atoms with Gasteiger partial charge in [-0.15, -0.1) is 0 Å². The molecule has 0 aliphatic carbocycles. The first-order valence-electron chi connectivity index (χ1n) is 9.73. The maximum absolute atomic E-state index is 12.9. The van der Waals surface area contributed by atoms with E-state index in [0.29, 0.717) is 16.8 Å². The fourth-order valence-corrected chi connectivity index (χ4v) is 3.75. The molecule has 1 saturated heterocycles. The zero-order chi connectivity index (χ0) is 21.1. The molecule has 1 aliphatic heterocycles. The number of nitriles is 1. The van der Waals surface area contributed by atoms with Gasteiger partial charge in [0.2, 0.25) is 0 Å². The van der Waals surface area contributed by atoms with E-state index >= 15 is 0 Å². The Morgan fingerprint density at radius 1 is 1.13 bits per heavy atom. The highest BCUT2D eigenvalue weighted by atomic mass is 19.4. The molecule has 1 aliphatic rings. The third-order valence-corrected chi connectivity index (χ3v) is 5.30. The molecule has 0 spiro atoms. The van der Waals surface area contributed by atoms with Crippen molar-refractivity contribution in [2.45, 2.75) is 31.6 Å². The molecule has 0 atom stereocenters. The topological polar surface area (TPSA) is 64.8 Å². The van der Waals surface area contributed by atoms with Crippen LogP contribution in [-0.4, -0.2) is 34.0 Å². The van der Waals surface area contributed by atoms with Crippen LogP contribution in [0, 0.1) is 11.3 Å². The van der Waals surface area contributed by atoms with Crippen LogP contribution >= 0.6 is 0 Å². The lowest BCUT2D eigenvalue weighted by Gasteiger charge is -2.32. The van der Waals surface area contributed by atoms with Crippen LogP contribution in [0.4, 0.5) is 19.0 Å². The molecule has 30 heavy (non-hydrogen) atoms. The van der Waals surface area contributed by atoms with Crippen LogP contribution in [0.5, 0.6) is 0 Å². The van der Waals surface area contributed by atoms with Crippen molar-refractivity contribution in [2.75, 3.05) is 18.4 Å². The molecule has 3 aromatic rings. The van der Waals surface area contributed by atoms with Gasteiger partial charge in [-0.25, -0.2) is 9.97 Å². The molecule has 5 nitrogen and oxygen atoms in total. The summed E-state index contributed by atoms with van der Waals surface area (Å²) in [4.78, 5) is 10.4. The summed E-state index contributed by atoms with van der Waals surface area (Å²) in [7, 11) is 0. The summed E-state index contributed by atoms with van der Waals surface area (Å²) in [5, 5.41) is 13.0. The van der Waals surface area contributed by atoms with Crippen molar-refractivity contribution in [3.8, 4) is 6.07 Å². The van der Waals surface area contributed by atoms with Gasteiger partial charge >= 0.3 is 6.18 Å². The molecule has 154 valence electrons. The molecule has 0 bridgehead atoms. The number of alkyl halides is 3. The second-order valence-electron chi connectivity index (χ2n) is 7.43. The van der Waals surface area contributed by atoms with Crippen LogP contribution in [0.1, 0.15) is 29.7 Å². The number of nitrogens with zero attached hydrogens (tertiary/aromatic N) is 4. The number of halogens is 3. The monoisotopic (exact) mass is 411 g/mol. The summed E-state index contributed by atoms with van der Waals surface area (Å²) in [5.41, 5.74) is 1.15. The Hall–Kier alpha value is -3.18. The number of pyridine rings is 2. The third-order valence-electron chi connectivity index (χ3n) is 5.30. The number of benzene rings is 1. The Kier molecular flexibility index (Phi) is 5.55. The first-order chi connectivity index (χ1) is 14.4. The molecule has 3 heterocycles. The quantitative estimate of drug-likeness (QED) is 0.680. The third kappa shape index (κ3) is 4.52.